The molecule has 1 aliphatic rings. The van der Waals surface area contributed by atoms with E-state index in [1.165, 1.54) is 29.6 Å². The van der Waals surface area contributed by atoms with Gasteiger partial charge in [-0.3, -0.25) is 4.79 Å². The van der Waals surface area contributed by atoms with E-state index in [1.807, 2.05) is 30.3 Å². The van der Waals surface area contributed by atoms with Crippen molar-refractivity contribution in [2.24, 2.45) is 0 Å². The SMILES string of the molecule is CN(Cc1ccccc1)S(=O)(=O)c1ccc(Cl)c(C(=O)N2CCCCC2)c1. The van der Waals surface area contributed by atoms with Gasteiger partial charge in [0.05, 0.1) is 15.5 Å². The van der Waals surface area contributed by atoms with E-state index < -0.39 is 10.0 Å². The molecular weight excluding hydrogens is 384 g/mol. The molecule has 0 aromatic heterocycles. The Morgan fingerprint density at radius 3 is 2.41 bits per heavy atom. The number of carbonyl (C=O) groups is 1. The third kappa shape index (κ3) is 4.51. The Morgan fingerprint density at radius 2 is 1.74 bits per heavy atom. The number of rotatable bonds is 5. The normalized spacial score (nSPS) is 15.1. The van der Waals surface area contributed by atoms with Crippen molar-refractivity contribution < 1.29 is 13.2 Å². The standard InChI is InChI=1S/C20H23ClN2O3S/c1-22(15-16-8-4-2-5-9-16)27(25,26)17-10-11-19(21)18(14-17)20(24)23-12-6-3-7-13-23/h2,4-5,8-11,14H,3,6-7,12-13,15H2,1H3. The number of amides is 1. The molecule has 1 aliphatic heterocycles. The van der Waals surface area contributed by atoms with Crippen molar-refractivity contribution in [1.29, 1.82) is 0 Å². The van der Waals surface area contributed by atoms with Gasteiger partial charge in [-0.1, -0.05) is 41.9 Å². The molecule has 144 valence electrons. The average Bonchev–Trinajstić information content (AvgIpc) is 2.69. The highest BCUT2D eigenvalue weighted by Gasteiger charge is 2.25. The summed E-state index contributed by atoms with van der Waals surface area (Å²) in [5.41, 5.74) is 1.13. The molecule has 0 bridgehead atoms. The molecule has 2 aromatic rings. The van der Waals surface area contributed by atoms with Crippen LogP contribution in [0, 0.1) is 0 Å². The second-order valence-electron chi connectivity index (χ2n) is 6.74. The van der Waals surface area contributed by atoms with Gasteiger partial charge in [-0.15, -0.1) is 0 Å². The van der Waals surface area contributed by atoms with Crippen molar-refractivity contribution in [1.82, 2.24) is 9.21 Å². The lowest BCUT2D eigenvalue weighted by atomic mass is 10.1. The minimum Gasteiger partial charge on any atom is -0.339 e. The summed E-state index contributed by atoms with van der Waals surface area (Å²) in [4.78, 5) is 14.6. The van der Waals surface area contributed by atoms with Crippen molar-refractivity contribution >= 4 is 27.5 Å². The fourth-order valence-electron chi connectivity index (χ4n) is 3.20. The Labute approximate surface area is 165 Å². The molecule has 1 amide bonds. The third-order valence-electron chi connectivity index (χ3n) is 4.77. The molecule has 0 aliphatic carbocycles. The van der Waals surface area contributed by atoms with Gasteiger partial charge >= 0.3 is 0 Å². The number of nitrogens with zero attached hydrogens (tertiary/aromatic N) is 2. The van der Waals surface area contributed by atoms with Gasteiger partial charge < -0.3 is 4.90 Å². The summed E-state index contributed by atoms with van der Waals surface area (Å²) in [5.74, 6) is -0.206. The molecule has 3 rings (SSSR count). The molecule has 7 heteroatoms. The Hall–Kier alpha value is -1.89. The molecule has 1 fully saturated rings. The van der Waals surface area contributed by atoms with Crippen LogP contribution in [0.3, 0.4) is 0 Å². The summed E-state index contributed by atoms with van der Waals surface area (Å²) in [6.45, 7) is 1.61. The minimum absolute atomic E-state index is 0.0747. The van der Waals surface area contributed by atoms with Gasteiger partial charge in [0.15, 0.2) is 0 Å². The fraction of sp³-hybridized carbons (Fsp3) is 0.350. The monoisotopic (exact) mass is 406 g/mol. The highest BCUT2D eigenvalue weighted by atomic mass is 35.5. The van der Waals surface area contributed by atoms with Crippen LogP contribution < -0.4 is 0 Å². The molecule has 0 radical (unpaired) electrons. The maximum absolute atomic E-state index is 13.0. The number of hydrogen-bond donors (Lipinski definition) is 0. The Morgan fingerprint density at radius 1 is 1.07 bits per heavy atom. The lowest BCUT2D eigenvalue weighted by Crippen LogP contribution is -2.36. The summed E-state index contributed by atoms with van der Waals surface area (Å²) in [6, 6.07) is 13.7. The fourth-order valence-corrected chi connectivity index (χ4v) is 4.59. The van der Waals surface area contributed by atoms with Crippen LogP contribution in [0.25, 0.3) is 0 Å². The summed E-state index contributed by atoms with van der Waals surface area (Å²) < 4.78 is 27.2. The Kier molecular flexibility index (Phi) is 6.19. The first kappa shape index (κ1) is 19.9. The minimum atomic E-state index is -3.74. The van der Waals surface area contributed by atoms with Crippen molar-refractivity contribution in [3.05, 3.63) is 64.7 Å². The number of sulfonamides is 1. The number of piperidine rings is 1. The first-order chi connectivity index (χ1) is 12.9. The molecule has 5 nitrogen and oxygen atoms in total. The van der Waals surface area contributed by atoms with Crippen molar-refractivity contribution in [2.45, 2.75) is 30.7 Å². The van der Waals surface area contributed by atoms with Gasteiger partial charge in [-0.2, -0.15) is 4.31 Å². The van der Waals surface area contributed by atoms with Crippen LogP contribution in [-0.4, -0.2) is 43.7 Å². The van der Waals surface area contributed by atoms with E-state index >= 15 is 0 Å². The molecule has 0 unspecified atom stereocenters. The second-order valence-corrected chi connectivity index (χ2v) is 9.19. The van der Waals surface area contributed by atoms with Gasteiger partial charge in [0.25, 0.3) is 5.91 Å². The van der Waals surface area contributed by atoms with Gasteiger partial charge in [0, 0.05) is 26.7 Å². The number of halogens is 1. The first-order valence-corrected chi connectivity index (χ1v) is 10.8. The highest BCUT2D eigenvalue weighted by Crippen LogP contribution is 2.25. The highest BCUT2D eigenvalue weighted by molar-refractivity contribution is 7.89. The quantitative estimate of drug-likeness (QED) is 0.759. The predicted octanol–water partition coefficient (Wildman–Crippen LogP) is 3.79. The summed E-state index contributed by atoms with van der Waals surface area (Å²) in [7, 11) is -2.21. The van der Waals surface area contributed by atoms with E-state index in [-0.39, 0.29) is 27.9 Å². The number of carbonyl (C=O) groups excluding carboxylic acids is 1. The van der Waals surface area contributed by atoms with E-state index in [1.54, 1.807) is 4.90 Å². The van der Waals surface area contributed by atoms with Crippen LogP contribution in [0.15, 0.2) is 53.4 Å². The molecule has 1 heterocycles. The zero-order valence-electron chi connectivity index (χ0n) is 15.3. The van der Waals surface area contributed by atoms with Crippen LogP contribution in [-0.2, 0) is 16.6 Å². The maximum atomic E-state index is 13.0. The average molecular weight is 407 g/mol. The van der Waals surface area contributed by atoms with E-state index in [2.05, 4.69) is 0 Å². The smallest absolute Gasteiger partial charge is 0.255 e. The zero-order valence-corrected chi connectivity index (χ0v) is 16.8. The van der Waals surface area contributed by atoms with Crippen molar-refractivity contribution in [3.63, 3.8) is 0 Å². The van der Waals surface area contributed by atoms with E-state index in [9.17, 15) is 13.2 Å². The lowest BCUT2D eigenvalue weighted by Gasteiger charge is -2.27. The molecule has 2 aromatic carbocycles. The molecule has 1 saturated heterocycles. The van der Waals surface area contributed by atoms with E-state index in [0.717, 1.165) is 24.8 Å². The third-order valence-corrected chi connectivity index (χ3v) is 6.90. The molecule has 0 saturated carbocycles. The van der Waals surface area contributed by atoms with E-state index in [4.69, 9.17) is 11.6 Å². The lowest BCUT2D eigenvalue weighted by molar-refractivity contribution is 0.0724. The number of hydrogen-bond acceptors (Lipinski definition) is 3. The van der Waals surface area contributed by atoms with Crippen LogP contribution >= 0.6 is 11.6 Å². The van der Waals surface area contributed by atoms with Crippen molar-refractivity contribution in [2.75, 3.05) is 20.1 Å². The largest absolute Gasteiger partial charge is 0.339 e. The Balaban J connectivity index is 1.86. The molecule has 0 atom stereocenters. The summed E-state index contributed by atoms with van der Waals surface area (Å²) in [5, 5.41) is 0.273. The Bertz CT molecular complexity index is 910. The van der Waals surface area contributed by atoms with Crippen molar-refractivity contribution in [3.8, 4) is 0 Å². The topological polar surface area (TPSA) is 57.7 Å². The van der Waals surface area contributed by atoms with Gasteiger partial charge in [0.2, 0.25) is 10.0 Å². The van der Waals surface area contributed by atoms with E-state index in [0.29, 0.717) is 13.1 Å². The van der Waals surface area contributed by atoms with Crippen LogP contribution in [0.2, 0.25) is 5.02 Å². The molecule has 27 heavy (non-hydrogen) atoms. The maximum Gasteiger partial charge on any atom is 0.255 e. The van der Waals surface area contributed by atoms with Gasteiger partial charge in [-0.25, -0.2) is 8.42 Å². The first-order valence-electron chi connectivity index (χ1n) is 8.98. The van der Waals surface area contributed by atoms with Crippen LogP contribution in [0.1, 0.15) is 35.2 Å². The molecular formula is C20H23ClN2O3S. The molecule has 0 spiro atoms. The molecule has 0 N–H and O–H groups in total. The van der Waals surface area contributed by atoms with Crippen LogP contribution in [0.4, 0.5) is 0 Å². The number of benzene rings is 2. The summed E-state index contributed by atoms with van der Waals surface area (Å²) in [6.07, 6.45) is 3.03. The van der Waals surface area contributed by atoms with Crippen LogP contribution in [0.5, 0.6) is 0 Å². The van der Waals surface area contributed by atoms with Gasteiger partial charge in [0.1, 0.15) is 0 Å². The zero-order chi connectivity index (χ0) is 19.4. The van der Waals surface area contributed by atoms with Gasteiger partial charge in [-0.05, 0) is 43.0 Å². The number of likely N-dealkylation sites (tertiary alicyclic amines) is 1. The second kappa shape index (κ2) is 8.42. The summed E-state index contributed by atoms with van der Waals surface area (Å²) >= 11 is 6.21. The predicted molar refractivity (Wildman–Crippen MR) is 106 cm³/mol.